The molecule has 17 heavy (non-hydrogen) atoms. The first-order valence-corrected chi connectivity index (χ1v) is 4.60. The van der Waals surface area contributed by atoms with Crippen LogP contribution in [0.2, 0.25) is 0 Å². The molecule has 2 rings (SSSR count). The molecule has 0 aliphatic heterocycles. The van der Waals surface area contributed by atoms with Gasteiger partial charge in [-0.15, -0.1) is 0 Å². The summed E-state index contributed by atoms with van der Waals surface area (Å²) in [5.74, 6) is -1.03. The summed E-state index contributed by atoms with van der Waals surface area (Å²) in [4.78, 5) is 14.5. The zero-order valence-corrected chi connectivity index (χ0v) is 8.62. The molecule has 0 aliphatic carbocycles. The van der Waals surface area contributed by atoms with Gasteiger partial charge in [-0.25, -0.2) is 9.78 Å². The Kier molecular flexibility index (Phi) is 2.34. The lowest BCUT2D eigenvalue weighted by atomic mass is 10.2. The van der Waals surface area contributed by atoms with E-state index in [0.29, 0.717) is 5.82 Å². The number of rotatable bonds is 1. The molecule has 1 N–H and O–H groups in total. The van der Waals surface area contributed by atoms with E-state index in [2.05, 4.69) is 4.98 Å². The van der Waals surface area contributed by atoms with Crippen molar-refractivity contribution >= 4 is 11.5 Å². The Morgan fingerprint density at radius 3 is 2.65 bits per heavy atom. The average Bonchev–Trinajstić information content (AvgIpc) is 2.54. The third kappa shape index (κ3) is 1.83. The quantitative estimate of drug-likeness (QED) is 0.837. The zero-order chi connectivity index (χ0) is 12.8. The molecule has 2 aromatic heterocycles. The molecular weight excluding hydrogens is 237 g/mol. The maximum Gasteiger partial charge on any atom is 0.416 e. The van der Waals surface area contributed by atoms with E-state index in [9.17, 15) is 18.0 Å². The van der Waals surface area contributed by atoms with Crippen LogP contribution in [0.25, 0.3) is 5.52 Å². The van der Waals surface area contributed by atoms with Crippen molar-refractivity contribution in [3.63, 3.8) is 0 Å². The molecule has 0 atom stereocenters. The van der Waals surface area contributed by atoms with E-state index in [1.165, 1.54) is 11.3 Å². The molecule has 0 unspecified atom stereocenters. The Bertz CT molecular complexity index is 601. The zero-order valence-electron chi connectivity index (χ0n) is 8.62. The van der Waals surface area contributed by atoms with E-state index < -0.39 is 17.7 Å². The summed E-state index contributed by atoms with van der Waals surface area (Å²) in [6.07, 6.45) is -3.34. The van der Waals surface area contributed by atoms with Crippen LogP contribution in [0.3, 0.4) is 0 Å². The molecule has 2 aromatic rings. The number of imidazole rings is 1. The number of carbonyl (C=O) groups is 1. The molecule has 4 nitrogen and oxygen atoms in total. The second-order valence-electron chi connectivity index (χ2n) is 3.48. The maximum atomic E-state index is 12.5. The number of pyridine rings is 1. The van der Waals surface area contributed by atoms with E-state index in [4.69, 9.17) is 5.11 Å². The van der Waals surface area contributed by atoms with Gasteiger partial charge in [-0.2, -0.15) is 13.2 Å². The Morgan fingerprint density at radius 2 is 2.12 bits per heavy atom. The molecule has 7 heteroatoms. The highest BCUT2D eigenvalue weighted by atomic mass is 19.4. The van der Waals surface area contributed by atoms with Crippen LogP contribution in [0.5, 0.6) is 0 Å². The van der Waals surface area contributed by atoms with E-state index >= 15 is 0 Å². The second kappa shape index (κ2) is 3.47. The number of nitrogens with zero attached hydrogens (tertiary/aromatic N) is 2. The lowest BCUT2D eigenvalue weighted by molar-refractivity contribution is -0.137. The van der Waals surface area contributed by atoms with Crippen LogP contribution < -0.4 is 0 Å². The number of carboxylic acid groups (broad SMARTS) is 1. The van der Waals surface area contributed by atoms with Crippen molar-refractivity contribution in [1.82, 2.24) is 9.38 Å². The highest BCUT2D eigenvalue weighted by molar-refractivity contribution is 5.93. The van der Waals surface area contributed by atoms with E-state index in [-0.39, 0.29) is 11.2 Å². The molecule has 0 radical (unpaired) electrons. The fraction of sp³-hybridized carbons (Fsp3) is 0.200. The Balaban J connectivity index is 2.75. The van der Waals surface area contributed by atoms with Gasteiger partial charge in [0, 0.05) is 6.20 Å². The minimum Gasteiger partial charge on any atom is -0.476 e. The summed E-state index contributed by atoms with van der Waals surface area (Å²) in [6, 6.07) is 1.66. The molecular formula is C10H7F3N2O2. The van der Waals surface area contributed by atoms with Crippen molar-refractivity contribution in [3.05, 3.63) is 35.4 Å². The van der Waals surface area contributed by atoms with Gasteiger partial charge >= 0.3 is 12.1 Å². The topological polar surface area (TPSA) is 54.6 Å². The summed E-state index contributed by atoms with van der Waals surface area (Å²) in [6.45, 7) is 1.52. The first-order chi connectivity index (χ1) is 7.80. The van der Waals surface area contributed by atoms with Gasteiger partial charge in [-0.05, 0) is 19.1 Å². The lowest BCUT2D eigenvalue weighted by Crippen LogP contribution is -2.06. The minimum absolute atomic E-state index is 0.0650. The summed E-state index contributed by atoms with van der Waals surface area (Å²) in [7, 11) is 0. The Morgan fingerprint density at radius 1 is 1.47 bits per heavy atom. The number of hydrogen-bond acceptors (Lipinski definition) is 2. The molecule has 0 aliphatic rings. The van der Waals surface area contributed by atoms with Crippen molar-refractivity contribution in [2.75, 3.05) is 0 Å². The van der Waals surface area contributed by atoms with E-state index in [0.717, 1.165) is 18.3 Å². The number of aromatic carboxylic acids is 1. The molecule has 0 spiro atoms. The smallest absolute Gasteiger partial charge is 0.416 e. The first-order valence-electron chi connectivity index (χ1n) is 4.60. The SMILES string of the molecule is Cc1nc(C(=O)O)c2cc(C(F)(F)F)ccn12. The van der Waals surface area contributed by atoms with Crippen LogP contribution in [0.4, 0.5) is 13.2 Å². The summed E-state index contributed by atoms with van der Waals surface area (Å²) < 4.78 is 38.7. The van der Waals surface area contributed by atoms with Gasteiger partial charge in [0.05, 0.1) is 11.1 Å². The highest BCUT2D eigenvalue weighted by Crippen LogP contribution is 2.30. The highest BCUT2D eigenvalue weighted by Gasteiger charge is 2.31. The van der Waals surface area contributed by atoms with Gasteiger partial charge in [0.1, 0.15) is 5.82 Å². The largest absolute Gasteiger partial charge is 0.476 e. The maximum absolute atomic E-state index is 12.5. The van der Waals surface area contributed by atoms with E-state index in [1.807, 2.05) is 0 Å². The molecule has 0 fully saturated rings. The van der Waals surface area contributed by atoms with Crippen LogP contribution in [0.1, 0.15) is 21.9 Å². The number of halogens is 3. The van der Waals surface area contributed by atoms with Crippen molar-refractivity contribution in [2.45, 2.75) is 13.1 Å². The predicted molar refractivity (Wildman–Crippen MR) is 51.9 cm³/mol. The normalized spacial score (nSPS) is 12.0. The standard InChI is InChI=1S/C10H7F3N2O2/c1-5-14-8(9(16)17)7-4-6(10(11,12)13)2-3-15(5)7/h2-4H,1H3,(H,16,17). The van der Waals surface area contributed by atoms with Crippen LogP contribution in [-0.2, 0) is 6.18 Å². The Hall–Kier alpha value is -2.05. The number of hydrogen-bond donors (Lipinski definition) is 1. The first kappa shape index (κ1) is 11.4. The van der Waals surface area contributed by atoms with Crippen molar-refractivity contribution in [3.8, 4) is 0 Å². The van der Waals surface area contributed by atoms with Gasteiger partial charge in [-0.1, -0.05) is 0 Å². The fourth-order valence-corrected chi connectivity index (χ4v) is 1.57. The van der Waals surface area contributed by atoms with Gasteiger partial charge < -0.3 is 9.51 Å². The number of alkyl halides is 3. The lowest BCUT2D eigenvalue weighted by Gasteiger charge is -2.07. The molecule has 2 heterocycles. The minimum atomic E-state index is -4.50. The van der Waals surface area contributed by atoms with Gasteiger partial charge in [0.25, 0.3) is 0 Å². The van der Waals surface area contributed by atoms with Crippen molar-refractivity contribution in [2.24, 2.45) is 0 Å². The Labute approximate surface area is 93.3 Å². The number of aryl methyl sites for hydroxylation is 1. The molecule has 0 bridgehead atoms. The molecule has 0 aromatic carbocycles. The summed E-state index contributed by atoms with van der Waals surface area (Å²) >= 11 is 0. The summed E-state index contributed by atoms with van der Waals surface area (Å²) in [5, 5.41) is 8.83. The van der Waals surface area contributed by atoms with Crippen LogP contribution in [0.15, 0.2) is 18.3 Å². The monoisotopic (exact) mass is 244 g/mol. The van der Waals surface area contributed by atoms with Crippen LogP contribution in [0, 0.1) is 6.92 Å². The van der Waals surface area contributed by atoms with Crippen LogP contribution in [-0.4, -0.2) is 20.5 Å². The predicted octanol–water partition coefficient (Wildman–Crippen LogP) is 2.36. The third-order valence-corrected chi connectivity index (χ3v) is 2.35. The number of carboxylic acids is 1. The fourth-order valence-electron chi connectivity index (χ4n) is 1.57. The van der Waals surface area contributed by atoms with Gasteiger partial charge in [0.15, 0.2) is 5.69 Å². The number of aromatic nitrogens is 2. The molecule has 90 valence electrons. The average molecular weight is 244 g/mol. The van der Waals surface area contributed by atoms with Gasteiger partial charge in [-0.3, -0.25) is 0 Å². The van der Waals surface area contributed by atoms with Crippen LogP contribution >= 0.6 is 0 Å². The second-order valence-corrected chi connectivity index (χ2v) is 3.48. The van der Waals surface area contributed by atoms with Gasteiger partial charge in [0.2, 0.25) is 0 Å². The van der Waals surface area contributed by atoms with Crippen molar-refractivity contribution in [1.29, 1.82) is 0 Å². The molecule has 0 saturated carbocycles. The molecule has 0 saturated heterocycles. The third-order valence-electron chi connectivity index (χ3n) is 2.35. The summed E-state index contributed by atoms with van der Waals surface area (Å²) in [5.41, 5.74) is -1.34. The van der Waals surface area contributed by atoms with Crippen molar-refractivity contribution < 1.29 is 23.1 Å². The molecule has 0 amide bonds. The number of fused-ring (bicyclic) bond motifs is 1. The van der Waals surface area contributed by atoms with E-state index in [1.54, 1.807) is 0 Å².